The van der Waals surface area contributed by atoms with Gasteiger partial charge in [0.15, 0.2) is 0 Å². The molecular weight excluding hydrogens is 423 g/mol. The van der Waals surface area contributed by atoms with Gasteiger partial charge in [0.25, 0.3) is 0 Å². The summed E-state index contributed by atoms with van der Waals surface area (Å²) < 4.78 is 13.3. The lowest BCUT2D eigenvalue weighted by Gasteiger charge is -2.35. The van der Waals surface area contributed by atoms with Crippen LogP contribution in [0.5, 0.6) is 0 Å². The van der Waals surface area contributed by atoms with Gasteiger partial charge in [0, 0.05) is 42.4 Å². The van der Waals surface area contributed by atoms with Gasteiger partial charge in [-0.3, -0.25) is 10.1 Å². The first-order chi connectivity index (χ1) is 15.6. The fourth-order valence-electron chi connectivity index (χ4n) is 3.97. The van der Waals surface area contributed by atoms with E-state index in [-0.39, 0.29) is 24.3 Å². The summed E-state index contributed by atoms with van der Waals surface area (Å²) in [5.41, 5.74) is 2.89. The Morgan fingerprint density at radius 1 is 1.03 bits per heavy atom. The van der Waals surface area contributed by atoms with Gasteiger partial charge in [-0.1, -0.05) is 25.1 Å². The van der Waals surface area contributed by atoms with E-state index in [9.17, 15) is 9.18 Å². The monoisotopic (exact) mass is 452 g/mol. The zero-order valence-electron chi connectivity index (χ0n) is 18.3. The van der Waals surface area contributed by atoms with E-state index in [1.807, 2.05) is 29.6 Å². The zero-order chi connectivity index (χ0) is 22.3. The molecule has 0 spiro atoms. The van der Waals surface area contributed by atoms with E-state index in [2.05, 4.69) is 39.5 Å². The number of benzene rings is 2. The molecule has 1 amide bonds. The SMILES string of the molecule is CCN1CCN(c2ccc(NC(=O)CNC(c3ccc(F)cc3)c3cccs3)cc2)CC1. The second-order valence-electron chi connectivity index (χ2n) is 7.90. The minimum atomic E-state index is -0.271. The van der Waals surface area contributed by atoms with Crippen LogP contribution in [0.2, 0.25) is 0 Å². The molecule has 2 aromatic carbocycles. The van der Waals surface area contributed by atoms with E-state index in [1.165, 1.54) is 17.8 Å². The Hall–Kier alpha value is -2.74. The maximum Gasteiger partial charge on any atom is 0.238 e. The Balaban J connectivity index is 1.33. The Kier molecular flexibility index (Phi) is 7.52. The Labute approximate surface area is 192 Å². The van der Waals surface area contributed by atoms with Gasteiger partial charge in [-0.15, -0.1) is 11.3 Å². The van der Waals surface area contributed by atoms with Crippen LogP contribution in [0.3, 0.4) is 0 Å². The van der Waals surface area contributed by atoms with E-state index in [0.717, 1.165) is 48.9 Å². The second-order valence-corrected chi connectivity index (χ2v) is 8.88. The van der Waals surface area contributed by atoms with Gasteiger partial charge >= 0.3 is 0 Å². The average Bonchev–Trinajstić information content (AvgIpc) is 3.36. The molecule has 32 heavy (non-hydrogen) atoms. The molecule has 4 rings (SSSR count). The largest absolute Gasteiger partial charge is 0.369 e. The van der Waals surface area contributed by atoms with Crippen molar-refractivity contribution in [2.75, 3.05) is 49.5 Å². The number of halogens is 1. The zero-order valence-corrected chi connectivity index (χ0v) is 19.1. The van der Waals surface area contributed by atoms with E-state index in [1.54, 1.807) is 23.5 Å². The highest BCUT2D eigenvalue weighted by Crippen LogP contribution is 2.26. The number of hydrogen-bond acceptors (Lipinski definition) is 5. The number of anilines is 2. The number of likely N-dealkylation sites (N-methyl/N-ethyl adjacent to an activating group) is 1. The molecule has 5 nitrogen and oxygen atoms in total. The topological polar surface area (TPSA) is 47.6 Å². The average molecular weight is 453 g/mol. The van der Waals surface area contributed by atoms with Crippen molar-refractivity contribution in [3.8, 4) is 0 Å². The summed E-state index contributed by atoms with van der Waals surface area (Å²) in [4.78, 5) is 18.5. The molecule has 1 saturated heterocycles. The summed E-state index contributed by atoms with van der Waals surface area (Å²) in [6.45, 7) is 7.67. The van der Waals surface area contributed by atoms with Gasteiger partial charge in [0.05, 0.1) is 12.6 Å². The first kappa shape index (κ1) is 22.5. The molecule has 1 aliphatic heterocycles. The molecule has 7 heteroatoms. The molecule has 0 radical (unpaired) electrons. The van der Waals surface area contributed by atoms with Gasteiger partial charge in [0.2, 0.25) is 5.91 Å². The minimum Gasteiger partial charge on any atom is -0.369 e. The number of hydrogen-bond donors (Lipinski definition) is 2. The number of carbonyl (C=O) groups excluding carboxylic acids is 1. The van der Waals surface area contributed by atoms with Crippen LogP contribution in [0.25, 0.3) is 0 Å². The number of amides is 1. The number of rotatable bonds is 8. The summed E-state index contributed by atoms with van der Waals surface area (Å²) in [6, 6.07) is 18.3. The van der Waals surface area contributed by atoms with E-state index in [4.69, 9.17) is 0 Å². The van der Waals surface area contributed by atoms with E-state index >= 15 is 0 Å². The third-order valence-corrected chi connectivity index (χ3v) is 6.77. The lowest BCUT2D eigenvalue weighted by Crippen LogP contribution is -2.46. The molecule has 1 unspecified atom stereocenters. The molecule has 0 bridgehead atoms. The van der Waals surface area contributed by atoms with Crippen molar-refractivity contribution < 1.29 is 9.18 Å². The van der Waals surface area contributed by atoms with Crippen LogP contribution < -0.4 is 15.5 Å². The van der Waals surface area contributed by atoms with Crippen molar-refractivity contribution in [1.82, 2.24) is 10.2 Å². The Morgan fingerprint density at radius 2 is 1.75 bits per heavy atom. The highest BCUT2D eigenvalue weighted by molar-refractivity contribution is 7.10. The third kappa shape index (κ3) is 5.73. The smallest absolute Gasteiger partial charge is 0.238 e. The van der Waals surface area contributed by atoms with Gasteiger partial charge in [-0.25, -0.2) is 4.39 Å². The normalized spacial score (nSPS) is 15.5. The molecule has 1 atom stereocenters. The van der Waals surface area contributed by atoms with Crippen molar-refractivity contribution in [2.24, 2.45) is 0 Å². The van der Waals surface area contributed by atoms with Crippen LogP contribution in [-0.2, 0) is 4.79 Å². The quantitative estimate of drug-likeness (QED) is 0.534. The number of piperazine rings is 1. The summed E-state index contributed by atoms with van der Waals surface area (Å²) in [6.07, 6.45) is 0. The van der Waals surface area contributed by atoms with Crippen molar-refractivity contribution in [3.05, 3.63) is 82.3 Å². The van der Waals surface area contributed by atoms with Crippen LogP contribution in [0.1, 0.15) is 23.4 Å². The Morgan fingerprint density at radius 3 is 2.38 bits per heavy atom. The standard InChI is InChI=1S/C25H29FN4OS/c1-2-29-13-15-30(16-14-29)22-11-9-21(10-12-22)28-24(31)18-27-25(23-4-3-17-32-23)19-5-7-20(26)8-6-19/h3-12,17,25,27H,2,13-16,18H2,1H3,(H,28,31). The highest BCUT2D eigenvalue weighted by Gasteiger charge is 2.17. The third-order valence-electron chi connectivity index (χ3n) is 5.83. The fourth-order valence-corrected chi connectivity index (χ4v) is 4.80. The van der Waals surface area contributed by atoms with Gasteiger partial charge in [-0.05, 0) is 60.0 Å². The van der Waals surface area contributed by atoms with Crippen LogP contribution >= 0.6 is 11.3 Å². The summed E-state index contributed by atoms with van der Waals surface area (Å²) in [7, 11) is 0. The molecule has 1 fully saturated rings. The summed E-state index contributed by atoms with van der Waals surface area (Å²) >= 11 is 1.61. The van der Waals surface area contributed by atoms with Crippen molar-refractivity contribution in [3.63, 3.8) is 0 Å². The second kappa shape index (κ2) is 10.7. The van der Waals surface area contributed by atoms with Gasteiger partial charge < -0.3 is 15.1 Å². The predicted octanol–water partition coefficient (Wildman–Crippen LogP) is 4.35. The maximum absolute atomic E-state index is 13.3. The molecular formula is C25H29FN4OS. The van der Waals surface area contributed by atoms with Crippen LogP contribution in [0, 0.1) is 5.82 Å². The van der Waals surface area contributed by atoms with E-state index < -0.39 is 0 Å². The first-order valence-corrected chi connectivity index (χ1v) is 11.9. The highest BCUT2D eigenvalue weighted by atomic mass is 32.1. The number of nitrogens with zero attached hydrogens (tertiary/aromatic N) is 2. The Bertz CT molecular complexity index is 984. The lowest BCUT2D eigenvalue weighted by atomic mass is 10.1. The fraction of sp³-hybridized carbons (Fsp3) is 0.320. The van der Waals surface area contributed by atoms with Crippen LogP contribution in [0.15, 0.2) is 66.0 Å². The lowest BCUT2D eigenvalue weighted by molar-refractivity contribution is -0.115. The number of nitrogens with one attached hydrogen (secondary N) is 2. The molecule has 2 N–H and O–H groups in total. The van der Waals surface area contributed by atoms with Crippen LogP contribution in [0.4, 0.5) is 15.8 Å². The van der Waals surface area contributed by atoms with E-state index in [0.29, 0.717) is 0 Å². The predicted molar refractivity (Wildman–Crippen MR) is 130 cm³/mol. The number of carbonyl (C=O) groups is 1. The summed E-state index contributed by atoms with van der Waals surface area (Å²) in [5, 5.41) is 8.28. The van der Waals surface area contributed by atoms with Crippen molar-refractivity contribution in [2.45, 2.75) is 13.0 Å². The first-order valence-electron chi connectivity index (χ1n) is 11.0. The number of thiophene rings is 1. The summed E-state index contributed by atoms with van der Waals surface area (Å²) in [5.74, 6) is -0.384. The molecule has 168 valence electrons. The molecule has 0 aliphatic carbocycles. The molecule has 1 aliphatic rings. The molecule has 2 heterocycles. The minimum absolute atomic E-state index is 0.113. The van der Waals surface area contributed by atoms with Gasteiger partial charge in [0.1, 0.15) is 5.82 Å². The van der Waals surface area contributed by atoms with Crippen molar-refractivity contribution >= 4 is 28.6 Å². The van der Waals surface area contributed by atoms with Crippen molar-refractivity contribution in [1.29, 1.82) is 0 Å². The molecule has 0 saturated carbocycles. The maximum atomic E-state index is 13.3. The molecule has 1 aromatic heterocycles. The molecule has 3 aromatic rings. The van der Waals surface area contributed by atoms with Crippen LogP contribution in [-0.4, -0.2) is 50.1 Å². The van der Waals surface area contributed by atoms with Gasteiger partial charge in [-0.2, -0.15) is 0 Å².